The summed E-state index contributed by atoms with van der Waals surface area (Å²) < 4.78 is 0. The Bertz CT molecular complexity index is 783. The predicted octanol–water partition coefficient (Wildman–Crippen LogP) is 3.87. The van der Waals surface area contributed by atoms with Gasteiger partial charge in [-0.25, -0.2) is 0 Å². The largest absolute Gasteiger partial charge is 0.289 e. The average Bonchev–Trinajstić information content (AvgIpc) is 2.52. The molecule has 0 aliphatic heterocycles. The number of hydrogen-bond donors (Lipinski definition) is 0. The van der Waals surface area contributed by atoms with Gasteiger partial charge in [0.2, 0.25) is 0 Å². The summed E-state index contributed by atoms with van der Waals surface area (Å²) in [4.78, 5) is 33.5. The lowest BCUT2D eigenvalue weighted by Crippen LogP contribution is -1.97. The third-order valence-corrected chi connectivity index (χ3v) is 3.13. The molecule has 0 bridgehead atoms. The van der Waals surface area contributed by atoms with Gasteiger partial charge >= 0.3 is 0 Å². The average molecular weight is 316 g/mol. The molecular formula is C16H10ClNO4. The summed E-state index contributed by atoms with van der Waals surface area (Å²) in [7, 11) is 0. The molecule has 0 aliphatic rings. The van der Waals surface area contributed by atoms with Gasteiger partial charge in [-0.15, -0.1) is 0 Å². The SMILES string of the molecule is O=C(C=Cc1ccccc1C(=O)Cl)c1cccc([N+](=O)[O-])c1. The van der Waals surface area contributed by atoms with Crippen LogP contribution in [-0.4, -0.2) is 15.9 Å². The first-order chi connectivity index (χ1) is 10.5. The van der Waals surface area contributed by atoms with E-state index in [0.717, 1.165) is 0 Å². The second kappa shape index (κ2) is 6.78. The van der Waals surface area contributed by atoms with Crippen molar-refractivity contribution in [1.82, 2.24) is 0 Å². The molecule has 0 amide bonds. The lowest BCUT2D eigenvalue weighted by atomic mass is 10.1. The van der Waals surface area contributed by atoms with Crippen LogP contribution in [0, 0.1) is 10.1 Å². The van der Waals surface area contributed by atoms with E-state index in [1.807, 2.05) is 0 Å². The van der Waals surface area contributed by atoms with Crippen molar-refractivity contribution in [2.75, 3.05) is 0 Å². The summed E-state index contributed by atoms with van der Waals surface area (Å²) in [6.07, 6.45) is 2.70. The number of benzene rings is 2. The van der Waals surface area contributed by atoms with Crippen molar-refractivity contribution in [3.8, 4) is 0 Å². The Hall–Kier alpha value is -2.79. The van der Waals surface area contributed by atoms with Crippen LogP contribution in [0.1, 0.15) is 26.3 Å². The zero-order valence-electron chi connectivity index (χ0n) is 11.2. The summed E-state index contributed by atoms with van der Waals surface area (Å²) >= 11 is 5.46. The number of nitro groups is 1. The highest BCUT2D eigenvalue weighted by Gasteiger charge is 2.10. The Morgan fingerprint density at radius 2 is 1.82 bits per heavy atom. The second-order valence-corrected chi connectivity index (χ2v) is 4.71. The fraction of sp³-hybridized carbons (Fsp3) is 0. The van der Waals surface area contributed by atoms with Gasteiger partial charge < -0.3 is 0 Å². The molecule has 2 aromatic rings. The zero-order valence-corrected chi connectivity index (χ0v) is 12.0. The number of carbonyl (C=O) groups is 2. The van der Waals surface area contributed by atoms with Gasteiger partial charge in [0.05, 0.1) is 4.92 Å². The highest BCUT2D eigenvalue weighted by atomic mass is 35.5. The van der Waals surface area contributed by atoms with Gasteiger partial charge in [0.15, 0.2) is 5.78 Å². The highest BCUT2D eigenvalue weighted by molar-refractivity contribution is 6.68. The van der Waals surface area contributed by atoms with E-state index in [0.29, 0.717) is 5.56 Å². The van der Waals surface area contributed by atoms with Crippen LogP contribution in [0.25, 0.3) is 6.08 Å². The Morgan fingerprint density at radius 3 is 2.50 bits per heavy atom. The fourth-order valence-electron chi connectivity index (χ4n) is 1.86. The van der Waals surface area contributed by atoms with Crippen molar-refractivity contribution in [1.29, 1.82) is 0 Å². The molecule has 2 aromatic carbocycles. The summed E-state index contributed by atoms with van der Waals surface area (Å²) in [5, 5.41) is 10.1. The van der Waals surface area contributed by atoms with E-state index >= 15 is 0 Å². The highest BCUT2D eigenvalue weighted by Crippen LogP contribution is 2.16. The maximum Gasteiger partial charge on any atom is 0.270 e. The minimum atomic E-state index is -0.622. The first-order valence-electron chi connectivity index (χ1n) is 6.25. The molecule has 0 fully saturated rings. The van der Waals surface area contributed by atoms with Crippen molar-refractivity contribution >= 4 is 34.4 Å². The van der Waals surface area contributed by atoms with Gasteiger partial charge in [0.1, 0.15) is 0 Å². The van der Waals surface area contributed by atoms with Gasteiger partial charge in [-0.1, -0.05) is 36.4 Å². The van der Waals surface area contributed by atoms with Crippen LogP contribution < -0.4 is 0 Å². The van der Waals surface area contributed by atoms with Crippen molar-refractivity contribution in [3.63, 3.8) is 0 Å². The molecule has 0 saturated carbocycles. The topological polar surface area (TPSA) is 77.3 Å². The van der Waals surface area contributed by atoms with E-state index < -0.39 is 15.9 Å². The van der Waals surface area contributed by atoms with E-state index in [9.17, 15) is 19.7 Å². The standard InChI is InChI=1S/C16H10ClNO4/c17-16(20)14-7-2-1-4-11(14)8-9-15(19)12-5-3-6-13(10-12)18(21)22/h1-10H. The molecule has 0 aromatic heterocycles. The normalized spacial score (nSPS) is 10.6. The Kier molecular flexibility index (Phi) is 4.80. The van der Waals surface area contributed by atoms with E-state index in [4.69, 9.17) is 11.6 Å². The minimum absolute atomic E-state index is 0.157. The second-order valence-electron chi connectivity index (χ2n) is 4.37. The molecule has 0 radical (unpaired) electrons. The smallest absolute Gasteiger partial charge is 0.270 e. The van der Waals surface area contributed by atoms with Gasteiger partial charge in [-0.05, 0) is 29.3 Å². The van der Waals surface area contributed by atoms with Crippen molar-refractivity contribution < 1.29 is 14.5 Å². The van der Waals surface area contributed by atoms with E-state index in [-0.39, 0.29) is 16.8 Å². The van der Waals surface area contributed by atoms with E-state index in [2.05, 4.69) is 0 Å². The van der Waals surface area contributed by atoms with Crippen LogP contribution in [0.2, 0.25) is 0 Å². The van der Waals surface area contributed by atoms with E-state index in [1.54, 1.807) is 24.3 Å². The first kappa shape index (κ1) is 15.6. The van der Waals surface area contributed by atoms with Crippen molar-refractivity contribution in [2.24, 2.45) is 0 Å². The Balaban J connectivity index is 2.27. The summed E-state index contributed by atoms with van der Waals surface area (Å²) in [5.41, 5.74) is 0.823. The van der Waals surface area contributed by atoms with Crippen LogP contribution >= 0.6 is 11.6 Å². The molecule has 6 heteroatoms. The quantitative estimate of drug-likeness (QED) is 0.276. The molecule has 0 heterocycles. The molecule has 5 nitrogen and oxygen atoms in total. The molecule has 2 rings (SSSR count). The van der Waals surface area contributed by atoms with Crippen LogP contribution in [0.5, 0.6) is 0 Å². The third kappa shape index (κ3) is 3.65. The number of nitro benzene ring substituents is 1. The summed E-state index contributed by atoms with van der Waals surface area (Å²) in [6.45, 7) is 0. The number of hydrogen-bond acceptors (Lipinski definition) is 4. The van der Waals surface area contributed by atoms with Crippen molar-refractivity contribution in [2.45, 2.75) is 0 Å². The van der Waals surface area contributed by atoms with Gasteiger partial charge in [0.25, 0.3) is 10.9 Å². The number of allylic oxidation sites excluding steroid dienone is 1. The number of nitrogens with zero attached hydrogens (tertiary/aromatic N) is 1. The summed E-state index contributed by atoms with van der Waals surface area (Å²) in [5.74, 6) is -0.402. The van der Waals surface area contributed by atoms with Gasteiger partial charge in [-0.3, -0.25) is 19.7 Å². The maximum absolute atomic E-state index is 12.0. The van der Waals surface area contributed by atoms with E-state index in [1.165, 1.54) is 36.4 Å². The third-order valence-electron chi connectivity index (χ3n) is 2.93. The molecule has 0 N–H and O–H groups in total. The van der Waals surface area contributed by atoms with Crippen LogP contribution in [0.15, 0.2) is 54.6 Å². The van der Waals surface area contributed by atoms with Crippen molar-refractivity contribution in [3.05, 3.63) is 81.4 Å². The first-order valence-corrected chi connectivity index (χ1v) is 6.62. The number of rotatable bonds is 5. The number of halogens is 1. The fourth-order valence-corrected chi connectivity index (χ4v) is 2.03. The molecular weight excluding hydrogens is 306 g/mol. The monoisotopic (exact) mass is 315 g/mol. The van der Waals surface area contributed by atoms with Crippen LogP contribution in [0.3, 0.4) is 0 Å². The Morgan fingerprint density at radius 1 is 1.09 bits per heavy atom. The molecule has 22 heavy (non-hydrogen) atoms. The summed E-state index contributed by atoms with van der Waals surface area (Å²) in [6, 6.07) is 12.0. The molecule has 0 aliphatic carbocycles. The number of non-ortho nitro benzene ring substituents is 1. The molecule has 0 spiro atoms. The number of ketones is 1. The lowest BCUT2D eigenvalue weighted by molar-refractivity contribution is -0.384. The lowest BCUT2D eigenvalue weighted by Gasteiger charge is -2.00. The minimum Gasteiger partial charge on any atom is -0.289 e. The predicted molar refractivity (Wildman–Crippen MR) is 83.1 cm³/mol. The number of carbonyl (C=O) groups excluding carboxylic acids is 2. The zero-order chi connectivity index (χ0) is 16.1. The molecule has 0 unspecified atom stereocenters. The molecule has 110 valence electrons. The van der Waals surface area contributed by atoms with Gasteiger partial charge in [-0.2, -0.15) is 0 Å². The maximum atomic E-state index is 12.0. The van der Waals surface area contributed by atoms with Crippen LogP contribution in [0.4, 0.5) is 5.69 Å². The Labute approximate surface area is 131 Å². The molecule has 0 saturated heterocycles. The molecule has 0 atom stereocenters. The van der Waals surface area contributed by atoms with Crippen LogP contribution in [-0.2, 0) is 0 Å². The van der Waals surface area contributed by atoms with Gasteiger partial charge in [0, 0.05) is 23.3 Å².